The van der Waals surface area contributed by atoms with Gasteiger partial charge >= 0.3 is 0 Å². The first-order chi connectivity index (χ1) is 28.3. The molecule has 0 N–H and O–H groups in total. The predicted octanol–water partition coefficient (Wildman–Crippen LogP) is 13.5. The molecule has 57 heavy (non-hydrogen) atoms. The van der Waals surface area contributed by atoms with Crippen LogP contribution in [0.4, 0.5) is 0 Å². The summed E-state index contributed by atoms with van der Waals surface area (Å²) in [6.45, 7) is 0. The van der Waals surface area contributed by atoms with Gasteiger partial charge in [-0.3, -0.25) is 4.57 Å². The van der Waals surface area contributed by atoms with E-state index in [0.717, 1.165) is 60.4 Å². The lowest BCUT2D eigenvalue weighted by Crippen LogP contribution is -2.03. The molecular weight excluding hydrogens is 715 g/mol. The number of para-hydroxylation sites is 4. The first-order valence-corrected chi connectivity index (χ1v) is 20.0. The molecule has 13 rings (SSSR count). The Morgan fingerprint density at radius 3 is 1.82 bits per heavy atom. The van der Waals surface area contributed by atoms with Gasteiger partial charge in [0.25, 0.3) is 0 Å². The van der Waals surface area contributed by atoms with Crippen LogP contribution in [-0.2, 0) is 0 Å². The van der Waals surface area contributed by atoms with Gasteiger partial charge in [-0.2, -0.15) is 0 Å². The zero-order valence-electron chi connectivity index (χ0n) is 30.4. The maximum absolute atomic E-state index is 5.38. The van der Waals surface area contributed by atoms with Gasteiger partial charge < -0.3 is 4.40 Å². The fourth-order valence-corrected chi connectivity index (χ4v) is 10.3. The standard InChI is InChI=1S/C51H29N5S/c1-2-13-30(14-3-1)50-52-41-29-39-38-28-32(25-26-45(38)55-44-24-11-7-20-37(44)46(48(39)55)49(41)57-50)31-15-12-16-33(27-31)47-36-19-4-8-21-40(36)53-51(54-47)56-42-22-9-5-17-34(42)35-18-6-10-23-43(35)56/h1-29H. The lowest BCUT2D eigenvalue weighted by atomic mass is 9.98. The normalized spacial score (nSPS) is 12.2. The summed E-state index contributed by atoms with van der Waals surface area (Å²) in [5, 5.41) is 9.44. The summed E-state index contributed by atoms with van der Waals surface area (Å²) in [6.07, 6.45) is 0. The topological polar surface area (TPSA) is 48.0 Å². The van der Waals surface area contributed by atoms with Crippen molar-refractivity contribution in [1.82, 2.24) is 23.9 Å². The van der Waals surface area contributed by atoms with E-state index < -0.39 is 0 Å². The monoisotopic (exact) mass is 743 g/mol. The van der Waals surface area contributed by atoms with Crippen LogP contribution in [0.25, 0.3) is 120 Å². The fraction of sp³-hybridized carbons (Fsp3) is 0. The molecular formula is C51H29N5S. The molecule has 0 aliphatic rings. The van der Waals surface area contributed by atoms with Gasteiger partial charge in [0.1, 0.15) is 5.01 Å². The molecule has 0 atom stereocenters. The van der Waals surface area contributed by atoms with E-state index >= 15 is 0 Å². The van der Waals surface area contributed by atoms with Crippen molar-refractivity contribution in [1.29, 1.82) is 0 Å². The molecule has 0 amide bonds. The fourth-order valence-electron chi connectivity index (χ4n) is 9.19. The second-order valence-electron chi connectivity index (χ2n) is 14.8. The molecule has 5 heterocycles. The van der Waals surface area contributed by atoms with E-state index in [4.69, 9.17) is 15.0 Å². The van der Waals surface area contributed by atoms with Crippen LogP contribution in [0.3, 0.4) is 0 Å². The van der Waals surface area contributed by atoms with Gasteiger partial charge in [0, 0.05) is 48.8 Å². The minimum Gasteiger partial charge on any atom is -0.308 e. The molecule has 6 heteroatoms. The second kappa shape index (κ2) is 11.6. The van der Waals surface area contributed by atoms with Crippen molar-refractivity contribution in [3.8, 4) is 38.9 Å². The number of rotatable bonds is 4. The highest BCUT2D eigenvalue weighted by Gasteiger charge is 2.23. The minimum absolute atomic E-state index is 0.662. The van der Waals surface area contributed by atoms with Crippen LogP contribution < -0.4 is 0 Å². The zero-order valence-corrected chi connectivity index (χ0v) is 31.2. The minimum atomic E-state index is 0.662. The summed E-state index contributed by atoms with van der Waals surface area (Å²) < 4.78 is 5.90. The number of aromatic nitrogens is 5. The summed E-state index contributed by atoms with van der Waals surface area (Å²) in [6, 6.07) is 62.7. The van der Waals surface area contributed by atoms with Crippen LogP contribution in [0.5, 0.6) is 0 Å². The summed E-state index contributed by atoms with van der Waals surface area (Å²) >= 11 is 1.79. The van der Waals surface area contributed by atoms with Gasteiger partial charge in [0.05, 0.1) is 49.0 Å². The quantitative estimate of drug-likeness (QED) is 0.180. The molecule has 5 aromatic heterocycles. The third kappa shape index (κ3) is 4.36. The van der Waals surface area contributed by atoms with Gasteiger partial charge in [-0.25, -0.2) is 15.0 Å². The van der Waals surface area contributed by atoms with E-state index in [2.05, 4.69) is 185 Å². The maximum atomic E-state index is 5.38. The molecule has 0 bridgehead atoms. The lowest BCUT2D eigenvalue weighted by molar-refractivity contribution is 1.01. The molecule has 0 aliphatic heterocycles. The number of thiazole rings is 1. The van der Waals surface area contributed by atoms with Crippen molar-refractivity contribution >= 4 is 92.4 Å². The van der Waals surface area contributed by atoms with Gasteiger partial charge in [-0.05, 0) is 59.7 Å². The van der Waals surface area contributed by atoms with Gasteiger partial charge in [-0.15, -0.1) is 11.3 Å². The molecule has 8 aromatic carbocycles. The van der Waals surface area contributed by atoms with Crippen molar-refractivity contribution in [2.45, 2.75) is 0 Å². The SMILES string of the molecule is c1ccc(-c2nc3cc4c5cc(-c6cccc(-c7nc(-n8c9ccccc9c9ccccc98)nc8ccccc78)c6)ccc5n5c6ccccc6c(c3s2)c45)cc1. The number of hydrogen-bond donors (Lipinski definition) is 0. The third-order valence-corrected chi connectivity index (χ3v) is 12.8. The van der Waals surface area contributed by atoms with Gasteiger partial charge in [0.15, 0.2) is 0 Å². The Balaban J connectivity index is 1.01. The smallest absolute Gasteiger partial charge is 0.235 e. The molecule has 5 nitrogen and oxygen atoms in total. The summed E-state index contributed by atoms with van der Waals surface area (Å²) in [4.78, 5) is 15.8. The summed E-state index contributed by atoms with van der Waals surface area (Å²) in [7, 11) is 0. The van der Waals surface area contributed by atoms with E-state index in [-0.39, 0.29) is 0 Å². The number of fused-ring (bicyclic) bond motifs is 12. The molecule has 0 fully saturated rings. The molecule has 13 aromatic rings. The lowest BCUT2D eigenvalue weighted by Gasteiger charge is -2.12. The number of hydrogen-bond acceptors (Lipinski definition) is 4. The Bertz CT molecular complexity index is 3710. The van der Waals surface area contributed by atoms with Crippen molar-refractivity contribution < 1.29 is 0 Å². The summed E-state index contributed by atoms with van der Waals surface area (Å²) in [5.74, 6) is 0.662. The van der Waals surface area contributed by atoms with Crippen LogP contribution in [0.1, 0.15) is 0 Å². The largest absolute Gasteiger partial charge is 0.308 e. The van der Waals surface area contributed by atoms with Crippen LogP contribution in [0.15, 0.2) is 176 Å². The summed E-state index contributed by atoms with van der Waals surface area (Å²) in [5.41, 5.74) is 13.2. The first-order valence-electron chi connectivity index (χ1n) is 19.2. The van der Waals surface area contributed by atoms with Crippen molar-refractivity contribution in [3.63, 3.8) is 0 Å². The Hall–Kier alpha value is -7.41. The number of nitrogens with zero attached hydrogens (tertiary/aromatic N) is 5. The molecule has 0 saturated carbocycles. The van der Waals surface area contributed by atoms with Crippen LogP contribution in [-0.4, -0.2) is 23.9 Å². The van der Waals surface area contributed by atoms with Crippen molar-refractivity contribution in [2.24, 2.45) is 0 Å². The average molecular weight is 744 g/mol. The highest BCUT2D eigenvalue weighted by molar-refractivity contribution is 7.22. The first kappa shape index (κ1) is 30.9. The van der Waals surface area contributed by atoms with Crippen LogP contribution in [0.2, 0.25) is 0 Å². The number of benzene rings is 8. The Labute approximate surface area is 329 Å². The maximum Gasteiger partial charge on any atom is 0.235 e. The molecule has 0 spiro atoms. The Kier molecular flexibility index (Phi) is 6.26. The van der Waals surface area contributed by atoms with E-state index in [9.17, 15) is 0 Å². The Morgan fingerprint density at radius 2 is 1.02 bits per heavy atom. The molecule has 0 saturated heterocycles. The average Bonchev–Trinajstić information content (AvgIpc) is 4.03. The zero-order chi connectivity index (χ0) is 37.2. The molecule has 0 aliphatic carbocycles. The van der Waals surface area contributed by atoms with Crippen LogP contribution >= 0.6 is 11.3 Å². The Morgan fingerprint density at radius 1 is 0.386 bits per heavy atom. The van der Waals surface area contributed by atoms with E-state index in [0.29, 0.717) is 5.95 Å². The molecule has 0 unspecified atom stereocenters. The van der Waals surface area contributed by atoms with E-state index in [1.807, 2.05) is 0 Å². The van der Waals surface area contributed by atoms with Crippen LogP contribution in [0, 0.1) is 0 Å². The van der Waals surface area contributed by atoms with Crippen molar-refractivity contribution in [2.75, 3.05) is 0 Å². The second-order valence-corrected chi connectivity index (χ2v) is 15.8. The van der Waals surface area contributed by atoms with Crippen molar-refractivity contribution in [3.05, 3.63) is 176 Å². The predicted molar refractivity (Wildman–Crippen MR) is 238 cm³/mol. The van der Waals surface area contributed by atoms with E-state index in [1.54, 1.807) is 11.3 Å². The highest BCUT2D eigenvalue weighted by Crippen LogP contribution is 2.46. The highest BCUT2D eigenvalue weighted by atomic mass is 32.1. The van der Waals surface area contributed by atoms with E-state index in [1.165, 1.54) is 53.6 Å². The molecule has 0 radical (unpaired) electrons. The van der Waals surface area contributed by atoms with Gasteiger partial charge in [-0.1, -0.05) is 127 Å². The molecule has 264 valence electrons. The van der Waals surface area contributed by atoms with Gasteiger partial charge in [0.2, 0.25) is 5.95 Å². The third-order valence-electron chi connectivity index (χ3n) is 11.7.